The van der Waals surface area contributed by atoms with Gasteiger partial charge in [-0.05, 0) is 32.0 Å². The molecule has 2 atom stereocenters. The first-order valence-corrected chi connectivity index (χ1v) is 6.44. The normalized spacial score (nSPS) is 23.4. The Morgan fingerprint density at radius 3 is 3.00 bits per heavy atom. The summed E-state index contributed by atoms with van der Waals surface area (Å²) >= 11 is 1.90. The minimum absolute atomic E-state index is 0.428. The molecule has 0 saturated heterocycles. The lowest BCUT2D eigenvalue weighted by molar-refractivity contribution is 0.414. The Morgan fingerprint density at radius 2 is 2.31 bits per heavy atom. The molecule has 1 aliphatic heterocycles. The Balaban J connectivity index is 2.27. The molecule has 1 aliphatic rings. The predicted molar refractivity (Wildman–Crippen MR) is 69.4 cm³/mol. The van der Waals surface area contributed by atoms with Crippen LogP contribution >= 0.6 is 11.8 Å². The third-order valence-corrected chi connectivity index (χ3v) is 4.41. The van der Waals surface area contributed by atoms with Crippen LogP contribution in [0.2, 0.25) is 0 Å². The highest BCUT2D eigenvalue weighted by molar-refractivity contribution is 8.00. The first-order chi connectivity index (χ1) is 7.76. The van der Waals surface area contributed by atoms with Crippen molar-refractivity contribution in [3.05, 3.63) is 18.2 Å². The molecule has 0 amide bonds. The van der Waals surface area contributed by atoms with E-state index in [0.717, 1.165) is 24.4 Å². The fourth-order valence-electron chi connectivity index (χ4n) is 1.98. The first kappa shape index (κ1) is 11.6. The minimum atomic E-state index is 0.428. The average molecular weight is 238 g/mol. The highest BCUT2D eigenvalue weighted by Crippen LogP contribution is 2.43. The maximum atomic E-state index is 5.63. The summed E-state index contributed by atoms with van der Waals surface area (Å²) in [4.78, 5) is 1.26. The molecular formula is C12H18N2OS. The molecule has 0 saturated carbocycles. The number of rotatable bonds is 3. The van der Waals surface area contributed by atoms with Crippen molar-refractivity contribution in [2.24, 2.45) is 5.73 Å². The van der Waals surface area contributed by atoms with Gasteiger partial charge in [-0.15, -0.1) is 11.8 Å². The van der Waals surface area contributed by atoms with Crippen molar-refractivity contribution in [3.63, 3.8) is 0 Å². The molecule has 1 aromatic carbocycles. The van der Waals surface area contributed by atoms with Crippen LogP contribution in [0.25, 0.3) is 0 Å². The number of benzene rings is 1. The van der Waals surface area contributed by atoms with Gasteiger partial charge in [0.1, 0.15) is 5.75 Å². The zero-order chi connectivity index (χ0) is 11.5. The summed E-state index contributed by atoms with van der Waals surface area (Å²) in [7, 11) is 1.71. The monoisotopic (exact) mass is 238 g/mol. The van der Waals surface area contributed by atoms with Gasteiger partial charge in [0.05, 0.1) is 12.8 Å². The van der Waals surface area contributed by atoms with Gasteiger partial charge in [0.2, 0.25) is 0 Å². The van der Waals surface area contributed by atoms with Crippen molar-refractivity contribution in [1.82, 2.24) is 0 Å². The molecule has 0 bridgehead atoms. The van der Waals surface area contributed by atoms with Crippen LogP contribution in [0.4, 0.5) is 5.69 Å². The second-order valence-electron chi connectivity index (χ2n) is 4.00. The molecule has 0 aliphatic carbocycles. The Bertz CT molecular complexity index is 370. The van der Waals surface area contributed by atoms with E-state index in [1.165, 1.54) is 4.90 Å². The molecule has 0 fully saturated rings. The quantitative estimate of drug-likeness (QED) is 0.848. The standard InChI is InChI=1S/C12H18N2OS/c1-8-10(6-7-13)16-11-5-3-4-9(15-2)12(11)14-8/h3-5,8,10,14H,6-7,13H2,1-2H3. The van der Waals surface area contributed by atoms with E-state index in [1.807, 2.05) is 23.9 Å². The summed E-state index contributed by atoms with van der Waals surface area (Å²) < 4.78 is 5.36. The van der Waals surface area contributed by atoms with Gasteiger partial charge >= 0.3 is 0 Å². The van der Waals surface area contributed by atoms with E-state index < -0.39 is 0 Å². The molecule has 3 N–H and O–H groups in total. The van der Waals surface area contributed by atoms with Gasteiger partial charge < -0.3 is 15.8 Å². The van der Waals surface area contributed by atoms with Gasteiger partial charge in [-0.3, -0.25) is 0 Å². The summed E-state index contributed by atoms with van der Waals surface area (Å²) in [6.07, 6.45) is 1.04. The van der Waals surface area contributed by atoms with Crippen LogP contribution in [0.5, 0.6) is 5.75 Å². The highest BCUT2D eigenvalue weighted by Gasteiger charge is 2.26. The van der Waals surface area contributed by atoms with Crippen molar-refractivity contribution < 1.29 is 4.74 Å². The summed E-state index contributed by atoms with van der Waals surface area (Å²) in [5.74, 6) is 0.919. The van der Waals surface area contributed by atoms with Gasteiger partial charge in [0, 0.05) is 16.2 Å². The Labute approximate surface area is 101 Å². The lowest BCUT2D eigenvalue weighted by Gasteiger charge is -2.32. The van der Waals surface area contributed by atoms with Crippen molar-refractivity contribution in [2.75, 3.05) is 19.0 Å². The van der Waals surface area contributed by atoms with E-state index >= 15 is 0 Å². The number of nitrogens with one attached hydrogen (secondary N) is 1. The van der Waals surface area contributed by atoms with Crippen LogP contribution in [-0.2, 0) is 0 Å². The smallest absolute Gasteiger partial charge is 0.143 e. The molecule has 88 valence electrons. The summed E-state index contributed by atoms with van der Waals surface area (Å²) in [6.45, 7) is 2.94. The van der Waals surface area contributed by atoms with E-state index in [1.54, 1.807) is 7.11 Å². The molecule has 4 heteroatoms. The molecule has 2 rings (SSSR count). The number of para-hydroxylation sites is 1. The summed E-state index contributed by atoms with van der Waals surface area (Å²) in [6, 6.07) is 6.58. The number of hydrogen-bond donors (Lipinski definition) is 2. The number of thioether (sulfide) groups is 1. The summed E-state index contributed by atoms with van der Waals surface area (Å²) in [5.41, 5.74) is 6.75. The van der Waals surface area contributed by atoms with Crippen molar-refractivity contribution in [3.8, 4) is 5.75 Å². The predicted octanol–water partition coefficient (Wildman–Crippen LogP) is 2.32. The number of hydrogen-bond acceptors (Lipinski definition) is 4. The van der Waals surface area contributed by atoms with E-state index in [9.17, 15) is 0 Å². The molecule has 1 heterocycles. The van der Waals surface area contributed by atoms with E-state index in [0.29, 0.717) is 11.3 Å². The third-order valence-electron chi connectivity index (χ3n) is 2.87. The largest absolute Gasteiger partial charge is 0.495 e. The highest BCUT2D eigenvalue weighted by atomic mass is 32.2. The fraction of sp³-hybridized carbons (Fsp3) is 0.500. The molecular weight excluding hydrogens is 220 g/mol. The van der Waals surface area contributed by atoms with Gasteiger partial charge in [-0.25, -0.2) is 0 Å². The molecule has 0 aromatic heterocycles. The fourth-order valence-corrected chi connectivity index (χ4v) is 3.27. The Kier molecular flexibility index (Phi) is 3.61. The van der Waals surface area contributed by atoms with Crippen LogP contribution < -0.4 is 15.8 Å². The topological polar surface area (TPSA) is 47.3 Å². The Morgan fingerprint density at radius 1 is 1.50 bits per heavy atom. The van der Waals surface area contributed by atoms with Crippen LogP contribution in [0.15, 0.2) is 23.1 Å². The van der Waals surface area contributed by atoms with Gasteiger partial charge in [0.15, 0.2) is 0 Å². The van der Waals surface area contributed by atoms with E-state index in [2.05, 4.69) is 18.3 Å². The average Bonchev–Trinajstić information content (AvgIpc) is 2.30. The maximum absolute atomic E-state index is 5.63. The SMILES string of the molecule is COc1cccc2c1NC(C)C(CCN)S2. The van der Waals surface area contributed by atoms with Crippen LogP contribution in [0, 0.1) is 0 Å². The van der Waals surface area contributed by atoms with Crippen molar-refractivity contribution in [2.45, 2.75) is 29.5 Å². The number of ether oxygens (including phenoxy) is 1. The molecule has 16 heavy (non-hydrogen) atoms. The molecule has 0 spiro atoms. The van der Waals surface area contributed by atoms with Crippen molar-refractivity contribution >= 4 is 17.4 Å². The second kappa shape index (κ2) is 4.97. The van der Waals surface area contributed by atoms with Gasteiger partial charge in [-0.1, -0.05) is 6.07 Å². The van der Waals surface area contributed by atoms with Crippen molar-refractivity contribution in [1.29, 1.82) is 0 Å². The number of nitrogens with two attached hydrogens (primary N) is 1. The maximum Gasteiger partial charge on any atom is 0.143 e. The van der Waals surface area contributed by atoms with Crippen LogP contribution in [-0.4, -0.2) is 24.9 Å². The summed E-state index contributed by atoms with van der Waals surface area (Å²) in [5, 5.41) is 4.06. The first-order valence-electron chi connectivity index (χ1n) is 5.56. The third kappa shape index (κ3) is 2.13. The van der Waals surface area contributed by atoms with Crippen LogP contribution in [0.3, 0.4) is 0 Å². The minimum Gasteiger partial charge on any atom is -0.495 e. The molecule has 0 radical (unpaired) electrons. The second-order valence-corrected chi connectivity index (χ2v) is 5.28. The Hall–Kier alpha value is -0.870. The zero-order valence-electron chi connectivity index (χ0n) is 9.69. The number of fused-ring (bicyclic) bond motifs is 1. The van der Waals surface area contributed by atoms with E-state index in [4.69, 9.17) is 10.5 Å². The van der Waals surface area contributed by atoms with Gasteiger partial charge in [-0.2, -0.15) is 0 Å². The number of anilines is 1. The molecule has 2 unspecified atom stereocenters. The zero-order valence-corrected chi connectivity index (χ0v) is 10.5. The molecule has 1 aromatic rings. The molecule has 3 nitrogen and oxygen atoms in total. The number of methoxy groups -OCH3 is 1. The lowest BCUT2D eigenvalue weighted by atomic mass is 10.1. The lowest BCUT2D eigenvalue weighted by Crippen LogP contribution is -2.33. The van der Waals surface area contributed by atoms with E-state index in [-0.39, 0.29) is 0 Å². The van der Waals surface area contributed by atoms with Crippen LogP contribution in [0.1, 0.15) is 13.3 Å². The van der Waals surface area contributed by atoms with Gasteiger partial charge in [0.25, 0.3) is 0 Å².